The molecular formula is C10H22N+. The molecule has 0 aliphatic carbocycles. The van der Waals surface area contributed by atoms with E-state index in [9.17, 15) is 0 Å². The van der Waals surface area contributed by atoms with Crippen molar-refractivity contribution in [3.05, 3.63) is 0 Å². The summed E-state index contributed by atoms with van der Waals surface area (Å²) in [4.78, 5) is 1.86. The highest BCUT2D eigenvalue weighted by atomic mass is 15.2. The van der Waals surface area contributed by atoms with Crippen molar-refractivity contribution in [3.63, 3.8) is 0 Å². The van der Waals surface area contributed by atoms with E-state index in [1.807, 2.05) is 4.90 Å². The summed E-state index contributed by atoms with van der Waals surface area (Å²) in [5, 5.41) is 0. The molecule has 1 rings (SSSR count). The summed E-state index contributed by atoms with van der Waals surface area (Å²) in [6.07, 6.45) is 7.24. The highest BCUT2D eigenvalue weighted by Gasteiger charge is 2.22. The molecule has 1 heteroatoms. The summed E-state index contributed by atoms with van der Waals surface area (Å²) < 4.78 is 0. The molecule has 0 saturated carbocycles. The maximum absolute atomic E-state index is 2.32. The van der Waals surface area contributed by atoms with Crippen molar-refractivity contribution in [1.29, 1.82) is 0 Å². The SMILES string of the molecule is CCCC1CCCC[NH+]1CC. The zero-order chi connectivity index (χ0) is 8.10. The molecule has 2 unspecified atom stereocenters. The van der Waals surface area contributed by atoms with Gasteiger partial charge in [0.05, 0.1) is 19.1 Å². The zero-order valence-corrected chi connectivity index (χ0v) is 8.03. The first-order valence-corrected chi connectivity index (χ1v) is 5.23. The molecule has 1 N–H and O–H groups in total. The Morgan fingerprint density at radius 3 is 2.73 bits per heavy atom. The lowest BCUT2D eigenvalue weighted by Gasteiger charge is -2.31. The maximum atomic E-state index is 2.32. The van der Waals surface area contributed by atoms with Crippen LogP contribution in [0.25, 0.3) is 0 Å². The van der Waals surface area contributed by atoms with Gasteiger partial charge in [-0.2, -0.15) is 0 Å². The number of piperidine rings is 1. The molecule has 0 aromatic rings. The van der Waals surface area contributed by atoms with E-state index in [4.69, 9.17) is 0 Å². The number of nitrogens with one attached hydrogen (secondary N) is 1. The van der Waals surface area contributed by atoms with Crippen LogP contribution in [0.5, 0.6) is 0 Å². The number of hydrogen-bond donors (Lipinski definition) is 1. The van der Waals surface area contributed by atoms with Crippen LogP contribution in [-0.2, 0) is 0 Å². The predicted octanol–water partition coefficient (Wildman–Crippen LogP) is 1.24. The molecule has 2 atom stereocenters. The number of rotatable bonds is 3. The zero-order valence-electron chi connectivity index (χ0n) is 8.03. The van der Waals surface area contributed by atoms with Crippen LogP contribution in [-0.4, -0.2) is 19.1 Å². The molecule has 11 heavy (non-hydrogen) atoms. The summed E-state index contributed by atoms with van der Waals surface area (Å²) in [7, 11) is 0. The van der Waals surface area contributed by atoms with Crippen molar-refractivity contribution in [2.75, 3.05) is 13.1 Å². The van der Waals surface area contributed by atoms with E-state index in [-0.39, 0.29) is 0 Å². The minimum absolute atomic E-state index is 0.999. The van der Waals surface area contributed by atoms with Gasteiger partial charge in [-0.25, -0.2) is 0 Å². The van der Waals surface area contributed by atoms with Gasteiger partial charge in [0.25, 0.3) is 0 Å². The normalized spacial score (nSPS) is 32.2. The van der Waals surface area contributed by atoms with Gasteiger partial charge in [-0.05, 0) is 32.6 Å². The Morgan fingerprint density at radius 2 is 2.09 bits per heavy atom. The first-order chi connectivity index (χ1) is 5.38. The van der Waals surface area contributed by atoms with Gasteiger partial charge in [-0.3, -0.25) is 0 Å². The smallest absolute Gasteiger partial charge is 0.0874 e. The van der Waals surface area contributed by atoms with Gasteiger partial charge in [0, 0.05) is 0 Å². The largest absolute Gasteiger partial charge is 0.333 e. The molecule has 0 bridgehead atoms. The fraction of sp³-hybridized carbons (Fsp3) is 1.00. The monoisotopic (exact) mass is 156 g/mol. The third-order valence-electron chi connectivity index (χ3n) is 2.97. The molecular weight excluding hydrogens is 134 g/mol. The van der Waals surface area contributed by atoms with E-state index in [1.165, 1.54) is 45.2 Å². The Balaban J connectivity index is 2.31. The van der Waals surface area contributed by atoms with Gasteiger partial charge in [-0.1, -0.05) is 13.3 Å². The molecule has 0 radical (unpaired) electrons. The van der Waals surface area contributed by atoms with Crippen molar-refractivity contribution in [2.45, 2.75) is 52.0 Å². The van der Waals surface area contributed by atoms with E-state index in [1.54, 1.807) is 0 Å². The molecule has 0 spiro atoms. The summed E-state index contributed by atoms with van der Waals surface area (Å²) in [6, 6.07) is 0.999. The molecule has 0 aromatic carbocycles. The highest BCUT2D eigenvalue weighted by Crippen LogP contribution is 2.07. The Morgan fingerprint density at radius 1 is 1.27 bits per heavy atom. The molecule has 0 aromatic heterocycles. The molecule has 0 amide bonds. The Hall–Kier alpha value is -0.0400. The van der Waals surface area contributed by atoms with Gasteiger partial charge in [-0.15, -0.1) is 0 Å². The molecule has 1 heterocycles. The Bertz CT molecular complexity index is 99.0. The molecule has 66 valence electrons. The van der Waals surface area contributed by atoms with Crippen LogP contribution in [0.15, 0.2) is 0 Å². The second kappa shape index (κ2) is 4.76. The van der Waals surface area contributed by atoms with Gasteiger partial charge in [0.15, 0.2) is 0 Å². The fourth-order valence-electron chi connectivity index (χ4n) is 2.31. The summed E-state index contributed by atoms with van der Waals surface area (Å²) >= 11 is 0. The van der Waals surface area contributed by atoms with E-state index in [0.29, 0.717) is 0 Å². The van der Waals surface area contributed by atoms with Crippen LogP contribution in [0.4, 0.5) is 0 Å². The first-order valence-electron chi connectivity index (χ1n) is 5.23. The third kappa shape index (κ3) is 2.48. The van der Waals surface area contributed by atoms with E-state index < -0.39 is 0 Å². The maximum Gasteiger partial charge on any atom is 0.0874 e. The Labute approximate surface area is 70.8 Å². The molecule has 1 aliphatic rings. The van der Waals surface area contributed by atoms with E-state index >= 15 is 0 Å². The van der Waals surface area contributed by atoms with Crippen molar-refractivity contribution in [1.82, 2.24) is 0 Å². The first kappa shape index (κ1) is 9.05. The quantitative estimate of drug-likeness (QED) is 0.627. The lowest BCUT2D eigenvalue weighted by atomic mass is 9.98. The predicted molar refractivity (Wildman–Crippen MR) is 48.9 cm³/mol. The standard InChI is InChI=1S/C10H21N/c1-3-7-10-8-5-6-9-11(10)4-2/h10H,3-9H2,1-2H3/p+1. The topological polar surface area (TPSA) is 4.44 Å². The van der Waals surface area contributed by atoms with E-state index in [0.717, 1.165) is 6.04 Å². The van der Waals surface area contributed by atoms with Crippen LogP contribution >= 0.6 is 0 Å². The van der Waals surface area contributed by atoms with Crippen molar-refractivity contribution < 1.29 is 4.90 Å². The average Bonchev–Trinajstić information content (AvgIpc) is 2.06. The van der Waals surface area contributed by atoms with Crippen LogP contribution in [0, 0.1) is 0 Å². The summed E-state index contributed by atoms with van der Waals surface area (Å²) in [5.74, 6) is 0. The van der Waals surface area contributed by atoms with E-state index in [2.05, 4.69) is 13.8 Å². The lowest BCUT2D eigenvalue weighted by molar-refractivity contribution is -0.929. The molecule has 1 aliphatic heterocycles. The van der Waals surface area contributed by atoms with Crippen LogP contribution in [0.1, 0.15) is 46.0 Å². The fourth-order valence-corrected chi connectivity index (χ4v) is 2.31. The lowest BCUT2D eigenvalue weighted by Crippen LogP contribution is -3.16. The summed E-state index contributed by atoms with van der Waals surface area (Å²) in [6.45, 7) is 7.40. The Kier molecular flexibility index (Phi) is 3.92. The molecule has 1 nitrogen and oxygen atoms in total. The van der Waals surface area contributed by atoms with Crippen LogP contribution in [0.3, 0.4) is 0 Å². The number of hydrogen-bond acceptors (Lipinski definition) is 0. The molecule has 1 saturated heterocycles. The van der Waals surface area contributed by atoms with Gasteiger partial charge >= 0.3 is 0 Å². The van der Waals surface area contributed by atoms with Crippen molar-refractivity contribution in [2.24, 2.45) is 0 Å². The van der Waals surface area contributed by atoms with Crippen LogP contribution in [0.2, 0.25) is 0 Å². The van der Waals surface area contributed by atoms with Gasteiger partial charge < -0.3 is 4.90 Å². The third-order valence-corrected chi connectivity index (χ3v) is 2.97. The van der Waals surface area contributed by atoms with Crippen molar-refractivity contribution in [3.8, 4) is 0 Å². The van der Waals surface area contributed by atoms with Crippen molar-refractivity contribution >= 4 is 0 Å². The second-order valence-corrected chi connectivity index (χ2v) is 3.74. The number of likely N-dealkylation sites (tertiary alicyclic amines) is 1. The van der Waals surface area contributed by atoms with Gasteiger partial charge in [0.1, 0.15) is 0 Å². The minimum Gasteiger partial charge on any atom is -0.333 e. The van der Waals surface area contributed by atoms with Crippen LogP contribution < -0.4 is 4.90 Å². The van der Waals surface area contributed by atoms with Gasteiger partial charge in [0.2, 0.25) is 0 Å². The number of quaternary nitrogens is 1. The highest BCUT2D eigenvalue weighted by molar-refractivity contribution is 4.60. The molecule has 1 fully saturated rings. The minimum atomic E-state index is 0.999. The average molecular weight is 156 g/mol. The second-order valence-electron chi connectivity index (χ2n) is 3.74. The summed E-state index contributed by atoms with van der Waals surface area (Å²) in [5.41, 5.74) is 0.